The molecule has 1 aromatic rings. The lowest BCUT2D eigenvalue weighted by Crippen LogP contribution is -2.22. The van der Waals surface area contributed by atoms with Crippen molar-refractivity contribution in [2.24, 2.45) is 5.92 Å². The molecule has 0 radical (unpaired) electrons. The fourth-order valence-corrected chi connectivity index (χ4v) is 2.34. The Kier molecular flexibility index (Phi) is 6.31. The average Bonchev–Trinajstić information content (AvgIpc) is 2.57. The fourth-order valence-electron chi connectivity index (χ4n) is 1.76. The van der Waals surface area contributed by atoms with Crippen molar-refractivity contribution in [2.45, 2.75) is 40.3 Å². The Morgan fingerprint density at radius 3 is 2.76 bits per heavy atom. The van der Waals surface area contributed by atoms with Crippen molar-refractivity contribution in [3.05, 3.63) is 16.4 Å². The van der Waals surface area contributed by atoms with Crippen LogP contribution in [0.5, 0.6) is 0 Å². The monoisotopic (exact) mass is 277 g/mol. The van der Waals surface area contributed by atoms with Gasteiger partial charge in [-0.2, -0.15) is 5.10 Å². The van der Waals surface area contributed by atoms with Gasteiger partial charge in [-0.05, 0) is 32.7 Å². The zero-order valence-electron chi connectivity index (χ0n) is 10.8. The molecular formula is C12H21Cl2N3. The van der Waals surface area contributed by atoms with Crippen LogP contribution in [-0.2, 0) is 13.1 Å². The SMILES string of the molecule is CCn1nc(C)c(Cl)c1CNCC(C)CCCl. The van der Waals surface area contributed by atoms with E-state index in [4.69, 9.17) is 23.2 Å². The predicted molar refractivity (Wildman–Crippen MR) is 73.9 cm³/mol. The number of rotatable bonds is 7. The molecule has 1 heterocycles. The minimum Gasteiger partial charge on any atom is -0.311 e. The second-order valence-corrected chi connectivity index (χ2v) is 5.13. The summed E-state index contributed by atoms with van der Waals surface area (Å²) in [5.74, 6) is 1.31. The lowest BCUT2D eigenvalue weighted by atomic mass is 10.1. The number of aromatic nitrogens is 2. The largest absolute Gasteiger partial charge is 0.311 e. The standard InChI is InChI=1S/C12H21Cl2N3/c1-4-17-11(12(14)10(3)16-17)8-15-7-9(2)5-6-13/h9,15H,4-8H2,1-3H3. The maximum Gasteiger partial charge on any atom is 0.0860 e. The summed E-state index contributed by atoms with van der Waals surface area (Å²) in [6.45, 7) is 8.77. The molecule has 5 heteroatoms. The van der Waals surface area contributed by atoms with E-state index in [0.29, 0.717) is 5.92 Å². The summed E-state index contributed by atoms with van der Waals surface area (Å²) in [5, 5.41) is 8.58. The first-order chi connectivity index (χ1) is 8.10. The van der Waals surface area contributed by atoms with Crippen LogP contribution in [-0.4, -0.2) is 22.2 Å². The summed E-state index contributed by atoms with van der Waals surface area (Å²) in [5.41, 5.74) is 1.98. The number of halogens is 2. The zero-order valence-corrected chi connectivity index (χ0v) is 12.3. The quantitative estimate of drug-likeness (QED) is 0.776. The van der Waals surface area contributed by atoms with Crippen molar-refractivity contribution >= 4 is 23.2 Å². The topological polar surface area (TPSA) is 29.9 Å². The van der Waals surface area contributed by atoms with E-state index in [-0.39, 0.29) is 0 Å². The summed E-state index contributed by atoms with van der Waals surface area (Å²) in [7, 11) is 0. The third kappa shape index (κ3) is 4.16. The second kappa shape index (κ2) is 7.24. The second-order valence-electron chi connectivity index (χ2n) is 4.38. The summed E-state index contributed by atoms with van der Waals surface area (Å²) in [6, 6.07) is 0. The van der Waals surface area contributed by atoms with Crippen molar-refractivity contribution in [3.8, 4) is 0 Å². The Morgan fingerprint density at radius 1 is 1.47 bits per heavy atom. The number of nitrogens with one attached hydrogen (secondary N) is 1. The Labute approximate surface area is 113 Å². The molecule has 0 fully saturated rings. The molecule has 0 spiro atoms. The Balaban J connectivity index is 2.51. The molecule has 1 unspecified atom stereocenters. The van der Waals surface area contributed by atoms with Crippen molar-refractivity contribution in [2.75, 3.05) is 12.4 Å². The third-order valence-corrected chi connectivity index (χ3v) is 3.55. The summed E-state index contributed by atoms with van der Waals surface area (Å²) in [6.07, 6.45) is 1.04. The zero-order chi connectivity index (χ0) is 12.8. The van der Waals surface area contributed by atoms with Crippen molar-refractivity contribution in [3.63, 3.8) is 0 Å². The lowest BCUT2D eigenvalue weighted by Gasteiger charge is -2.11. The van der Waals surface area contributed by atoms with E-state index < -0.39 is 0 Å². The minimum absolute atomic E-state index is 0.588. The first kappa shape index (κ1) is 14.8. The number of alkyl halides is 1. The molecule has 1 N–H and O–H groups in total. The van der Waals surface area contributed by atoms with Crippen LogP contribution < -0.4 is 5.32 Å². The molecule has 0 saturated heterocycles. The highest BCUT2D eigenvalue weighted by molar-refractivity contribution is 6.31. The van der Waals surface area contributed by atoms with Gasteiger partial charge < -0.3 is 5.32 Å². The molecule has 0 aliphatic carbocycles. The van der Waals surface area contributed by atoms with Gasteiger partial charge in [0.2, 0.25) is 0 Å². The van der Waals surface area contributed by atoms with Crippen LogP contribution in [0.25, 0.3) is 0 Å². The lowest BCUT2D eigenvalue weighted by molar-refractivity contribution is 0.488. The Bertz CT molecular complexity index is 350. The summed E-state index contributed by atoms with van der Waals surface area (Å²) >= 11 is 11.9. The van der Waals surface area contributed by atoms with E-state index in [1.54, 1.807) is 0 Å². The van der Waals surface area contributed by atoms with Gasteiger partial charge >= 0.3 is 0 Å². The van der Waals surface area contributed by atoms with Crippen LogP contribution in [0, 0.1) is 12.8 Å². The average molecular weight is 278 g/mol. The van der Waals surface area contributed by atoms with Crippen LogP contribution in [0.4, 0.5) is 0 Å². The molecule has 98 valence electrons. The maximum atomic E-state index is 6.22. The van der Waals surface area contributed by atoms with Gasteiger partial charge in [-0.25, -0.2) is 0 Å². The van der Waals surface area contributed by atoms with Gasteiger partial charge in [0.05, 0.1) is 16.4 Å². The van der Waals surface area contributed by atoms with Crippen molar-refractivity contribution in [1.29, 1.82) is 0 Å². The summed E-state index contributed by atoms with van der Waals surface area (Å²) < 4.78 is 1.96. The highest BCUT2D eigenvalue weighted by Crippen LogP contribution is 2.20. The molecule has 0 saturated carbocycles. The van der Waals surface area contributed by atoms with Gasteiger partial charge in [0.15, 0.2) is 0 Å². The highest BCUT2D eigenvalue weighted by atomic mass is 35.5. The first-order valence-corrected chi connectivity index (χ1v) is 6.99. The molecule has 1 rings (SSSR count). The number of nitrogens with zero attached hydrogens (tertiary/aromatic N) is 2. The van der Waals surface area contributed by atoms with Crippen LogP contribution in [0.3, 0.4) is 0 Å². The van der Waals surface area contributed by atoms with Gasteiger partial charge in [-0.3, -0.25) is 4.68 Å². The van der Waals surface area contributed by atoms with E-state index in [1.807, 2.05) is 11.6 Å². The van der Waals surface area contributed by atoms with Gasteiger partial charge in [-0.15, -0.1) is 11.6 Å². The van der Waals surface area contributed by atoms with E-state index in [0.717, 1.165) is 48.3 Å². The molecule has 0 aliphatic rings. The van der Waals surface area contributed by atoms with Gasteiger partial charge in [0.25, 0.3) is 0 Å². The third-order valence-electron chi connectivity index (χ3n) is 2.84. The first-order valence-electron chi connectivity index (χ1n) is 6.08. The minimum atomic E-state index is 0.588. The maximum absolute atomic E-state index is 6.22. The van der Waals surface area contributed by atoms with E-state index >= 15 is 0 Å². The molecule has 3 nitrogen and oxygen atoms in total. The van der Waals surface area contributed by atoms with Crippen molar-refractivity contribution < 1.29 is 0 Å². The van der Waals surface area contributed by atoms with Crippen LogP contribution >= 0.6 is 23.2 Å². The Morgan fingerprint density at radius 2 is 2.18 bits per heavy atom. The molecule has 1 atom stereocenters. The number of hydrogen-bond acceptors (Lipinski definition) is 2. The number of hydrogen-bond donors (Lipinski definition) is 1. The van der Waals surface area contributed by atoms with Gasteiger partial charge in [0, 0.05) is 19.0 Å². The van der Waals surface area contributed by atoms with Crippen LogP contribution in [0.1, 0.15) is 31.7 Å². The highest BCUT2D eigenvalue weighted by Gasteiger charge is 2.12. The normalized spacial score (nSPS) is 13.0. The van der Waals surface area contributed by atoms with E-state index in [2.05, 4.69) is 24.3 Å². The van der Waals surface area contributed by atoms with Crippen LogP contribution in [0.2, 0.25) is 5.02 Å². The van der Waals surface area contributed by atoms with E-state index in [1.165, 1.54) is 0 Å². The fraction of sp³-hybridized carbons (Fsp3) is 0.750. The molecule has 17 heavy (non-hydrogen) atoms. The molecule has 0 amide bonds. The van der Waals surface area contributed by atoms with E-state index in [9.17, 15) is 0 Å². The van der Waals surface area contributed by atoms with Crippen LogP contribution in [0.15, 0.2) is 0 Å². The molecule has 0 bridgehead atoms. The van der Waals surface area contributed by atoms with Gasteiger partial charge in [0.1, 0.15) is 0 Å². The molecule has 0 aromatic carbocycles. The smallest absolute Gasteiger partial charge is 0.0860 e. The molecule has 1 aromatic heterocycles. The molecule has 0 aliphatic heterocycles. The summed E-state index contributed by atoms with van der Waals surface area (Å²) in [4.78, 5) is 0. The predicted octanol–water partition coefficient (Wildman–Crippen LogP) is 3.22. The van der Waals surface area contributed by atoms with Crippen molar-refractivity contribution in [1.82, 2.24) is 15.1 Å². The van der Waals surface area contributed by atoms with Gasteiger partial charge in [-0.1, -0.05) is 18.5 Å². The number of aryl methyl sites for hydroxylation is 2. The molecular weight excluding hydrogens is 257 g/mol. The Hall–Kier alpha value is -0.250.